The third-order valence-corrected chi connectivity index (χ3v) is 4.99. The second-order valence-electron chi connectivity index (χ2n) is 6.84. The van der Waals surface area contributed by atoms with Crippen LogP contribution in [0, 0.1) is 11.6 Å². The first kappa shape index (κ1) is 22.0. The van der Waals surface area contributed by atoms with Gasteiger partial charge in [-0.1, -0.05) is 29.8 Å². The van der Waals surface area contributed by atoms with Crippen LogP contribution in [-0.4, -0.2) is 32.7 Å². The number of carbonyl (C=O) groups excluding carboxylic acids is 3. The van der Waals surface area contributed by atoms with Crippen LogP contribution in [0.2, 0.25) is 5.02 Å². The predicted octanol–water partition coefficient (Wildman–Crippen LogP) is 3.66. The van der Waals surface area contributed by atoms with Gasteiger partial charge in [-0.25, -0.2) is 18.3 Å². The minimum absolute atomic E-state index is 0.00766. The first-order valence-electron chi connectivity index (χ1n) is 9.49. The molecule has 0 saturated heterocycles. The lowest BCUT2D eigenvalue weighted by molar-refractivity contribution is 0.0944. The van der Waals surface area contributed by atoms with Crippen LogP contribution in [0.1, 0.15) is 36.9 Å². The summed E-state index contributed by atoms with van der Waals surface area (Å²) in [7, 11) is 0. The molecule has 2 amide bonds. The highest BCUT2D eigenvalue weighted by atomic mass is 35.5. The van der Waals surface area contributed by atoms with Gasteiger partial charge in [0.1, 0.15) is 17.0 Å². The summed E-state index contributed by atoms with van der Waals surface area (Å²) in [6.45, 7) is -0.113. The zero-order chi connectivity index (χ0) is 23.5. The third kappa shape index (κ3) is 4.55. The van der Waals surface area contributed by atoms with Crippen molar-refractivity contribution < 1.29 is 23.2 Å². The lowest BCUT2D eigenvalue weighted by atomic mass is 10.2. The Morgan fingerprint density at radius 3 is 2.58 bits per heavy atom. The molecule has 166 valence electrons. The van der Waals surface area contributed by atoms with Crippen molar-refractivity contribution in [2.75, 3.05) is 5.32 Å². The first-order chi connectivity index (χ1) is 15.9. The molecule has 0 bridgehead atoms. The number of fused-ring (bicyclic) bond motifs is 1. The SMILES string of the molecule is O=Cc1cc(C(=O)NCc2ccc(F)c(F)c2)nc2c(C(=O)Nc3ccccc3Cl)cnn12. The molecule has 2 aromatic heterocycles. The van der Waals surface area contributed by atoms with E-state index in [1.54, 1.807) is 24.3 Å². The number of hydrogen-bond acceptors (Lipinski definition) is 5. The van der Waals surface area contributed by atoms with Crippen LogP contribution in [0.15, 0.2) is 54.7 Å². The monoisotopic (exact) mass is 469 g/mol. The number of amides is 2. The Labute approximate surface area is 190 Å². The number of benzene rings is 2. The van der Waals surface area contributed by atoms with Gasteiger partial charge in [0.05, 0.1) is 16.9 Å². The Balaban J connectivity index is 1.62. The summed E-state index contributed by atoms with van der Waals surface area (Å²) in [5.41, 5.74) is 0.479. The topological polar surface area (TPSA) is 105 Å². The van der Waals surface area contributed by atoms with E-state index in [1.165, 1.54) is 18.3 Å². The average Bonchev–Trinajstić information content (AvgIpc) is 3.24. The Morgan fingerprint density at radius 1 is 1.06 bits per heavy atom. The van der Waals surface area contributed by atoms with Gasteiger partial charge in [0.25, 0.3) is 11.8 Å². The summed E-state index contributed by atoms with van der Waals surface area (Å²) in [5, 5.41) is 9.47. The highest BCUT2D eigenvalue weighted by Gasteiger charge is 2.20. The molecule has 0 unspecified atom stereocenters. The number of nitrogens with zero attached hydrogens (tertiary/aromatic N) is 3. The number of aromatic nitrogens is 3. The molecule has 0 atom stereocenters. The molecule has 4 aromatic rings. The molecule has 2 heterocycles. The van der Waals surface area contributed by atoms with Gasteiger partial charge in [-0.3, -0.25) is 14.4 Å². The van der Waals surface area contributed by atoms with Crippen LogP contribution in [-0.2, 0) is 6.54 Å². The Hall–Kier alpha value is -4.18. The summed E-state index contributed by atoms with van der Waals surface area (Å²) in [6.07, 6.45) is 1.67. The Kier molecular flexibility index (Phi) is 6.09. The van der Waals surface area contributed by atoms with Crippen LogP contribution in [0.5, 0.6) is 0 Å². The van der Waals surface area contributed by atoms with Crippen LogP contribution >= 0.6 is 11.6 Å². The maximum absolute atomic E-state index is 13.4. The summed E-state index contributed by atoms with van der Waals surface area (Å²) >= 11 is 6.07. The Bertz CT molecular complexity index is 1410. The maximum atomic E-state index is 13.4. The number of rotatable bonds is 6. The van der Waals surface area contributed by atoms with Crippen molar-refractivity contribution in [2.45, 2.75) is 6.54 Å². The van der Waals surface area contributed by atoms with Crippen molar-refractivity contribution >= 4 is 41.0 Å². The minimum Gasteiger partial charge on any atom is -0.347 e. The van der Waals surface area contributed by atoms with Gasteiger partial charge in [-0.05, 0) is 35.9 Å². The van der Waals surface area contributed by atoms with E-state index >= 15 is 0 Å². The summed E-state index contributed by atoms with van der Waals surface area (Å²) in [6, 6.07) is 11.0. The quantitative estimate of drug-likeness (QED) is 0.419. The summed E-state index contributed by atoms with van der Waals surface area (Å²) in [5.74, 6) is -3.33. The van der Waals surface area contributed by atoms with E-state index in [0.717, 1.165) is 16.6 Å². The fourth-order valence-electron chi connectivity index (χ4n) is 3.02. The van der Waals surface area contributed by atoms with Gasteiger partial charge in [0, 0.05) is 6.54 Å². The molecule has 0 aliphatic heterocycles. The summed E-state index contributed by atoms with van der Waals surface area (Å²) in [4.78, 5) is 41.1. The average molecular weight is 470 g/mol. The van der Waals surface area contributed by atoms with E-state index in [2.05, 4.69) is 20.7 Å². The van der Waals surface area contributed by atoms with Crippen molar-refractivity contribution in [1.82, 2.24) is 19.9 Å². The van der Waals surface area contributed by atoms with E-state index in [0.29, 0.717) is 22.6 Å². The van der Waals surface area contributed by atoms with Crippen molar-refractivity contribution in [3.8, 4) is 0 Å². The number of carbonyl (C=O) groups is 3. The van der Waals surface area contributed by atoms with Crippen LogP contribution in [0.4, 0.5) is 14.5 Å². The molecule has 33 heavy (non-hydrogen) atoms. The fraction of sp³-hybridized carbons (Fsp3) is 0.0455. The van der Waals surface area contributed by atoms with Crippen LogP contribution in [0.25, 0.3) is 5.65 Å². The zero-order valence-corrected chi connectivity index (χ0v) is 17.4. The van der Waals surface area contributed by atoms with Gasteiger partial charge >= 0.3 is 0 Å². The molecule has 2 N–H and O–H groups in total. The second kappa shape index (κ2) is 9.13. The van der Waals surface area contributed by atoms with E-state index in [1.807, 2.05) is 0 Å². The van der Waals surface area contributed by atoms with Crippen molar-refractivity contribution in [3.05, 3.63) is 93.9 Å². The van der Waals surface area contributed by atoms with E-state index in [9.17, 15) is 23.2 Å². The standard InChI is InChI=1S/C22H14ClF2N5O3/c23-15-3-1-2-4-18(15)29-21(32)14-10-27-30-13(11-31)8-19(28-20(14)30)22(33)26-9-12-5-6-16(24)17(25)7-12/h1-8,10-11H,9H2,(H,26,33)(H,29,32). The second-order valence-corrected chi connectivity index (χ2v) is 7.25. The molecule has 4 rings (SSSR count). The van der Waals surface area contributed by atoms with Crippen LogP contribution < -0.4 is 10.6 Å². The highest BCUT2D eigenvalue weighted by molar-refractivity contribution is 6.34. The van der Waals surface area contributed by atoms with E-state index in [4.69, 9.17) is 11.6 Å². The molecule has 0 aliphatic rings. The number of hydrogen-bond donors (Lipinski definition) is 2. The predicted molar refractivity (Wildman–Crippen MR) is 115 cm³/mol. The lowest BCUT2D eigenvalue weighted by Gasteiger charge is -2.08. The van der Waals surface area contributed by atoms with Crippen LogP contribution in [0.3, 0.4) is 0 Å². The van der Waals surface area contributed by atoms with Gasteiger partial charge in [-0.15, -0.1) is 0 Å². The largest absolute Gasteiger partial charge is 0.347 e. The first-order valence-corrected chi connectivity index (χ1v) is 9.87. The Morgan fingerprint density at radius 2 is 1.85 bits per heavy atom. The molecule has 0 fully saturated rings. The summed E-state index contributed by atoms with van der Waals surface area (Å²) < 4.78 is 27.6. The number of para-hydroxylation sites is 1. The third-order valence-electron chi connectivity index (χ3n) is 4.66. The normalized spacial score (nSPS) is 10.8. The molecular formula is C22H14ClF2N5O3. The molecular weight excluding hydrogens is 456 g/mol. The van der Waals surface area contributed by atoms with Crippen molar-refractivity contribution in [3.63, 3.8) is 0 Å². The van der Waals surface area contributed by atoms with Gasteiger partial charge in [0.2, 0.25) is 0 Å². The molecule has 0 saturated carbocycles. The number of nitrogens with one attached hydrogen (secondary N) is 2. The van der Waals surface area contributed by atoms with Crippen molar-refractivity contribution in [2.24, 2.45) is 0 Å². The maximum Gasteiger partial charge on any atom is 0.270 e. The molecule has 0 radical (unpaired) electrons. The van der Waals surface area contributed by atoms with Gasteiger partial charge in [0.15, 0.2) is 23.6 Å². The van der Waals surface area contributed by atoms with Crippen molar-refractivity contribution in [1.29, 1.82) is 0 Å². The van der Waals surface area contributed by atoms with Gasteiger partial charge in [-0.2, -0.15) is 5.10 Å². The van der Waals surface area contributed by atoms with E-state index in [-0.39, 0.29) is 29.1 Å². The molecule has 0 aliphatic carbocycles. The number of halogens is 3. The lowest BCUT2D eigenvalue weighted by Crippen LogP contribution is -2.25. The zero-order valence-electron chi connectivity index (χ0n) is 16.7. The fourth-order valence-corrected chi connectivity index (χ4v) is 3.20. The van der Waals surface area contributed by atoms with E-state index < -0.39 is 23.4 Å². The number of aldehydes is 1. The molecule has 8 nitrogen and oxygen atoms in total. The van der Waals surface area contributed by atoms with Gasteiger partial charge < -0.3 is 10.6 Å². The molecule has 11 heteroatoms. The number of anilines is 1. The highest BCUT2D eigenvalue weighted by Crippen LogP contribution is 2.22. The minimum atomic E-state index is -1.04. The molecule has 0 spiro atoms. The smallest absolute Gasteiger partial charge is 0.270 e. The molecule has 2 aromatic carbocycles.